The van der Waals surface area contributed by atoms with E-state index < -0.39 is 0 Å². The number of hydrogen-bond donors (Lipinski definition) is 2. The number of nitrogens with two attached hydrogens (primary N) is 1. The SMILES string of the molecule is Cc1ccc(CN2CCC(CNC(=O)c3cc(N)ccn3)C2)cc1C. The van der Waals surface area contributed by atoms with Gasteiger partial charge in [0.05, 0.1) is 0 Å². The predicted molar refractivity (Wildman–Crippen MR) is 100 cm³/mol. The Hall–Kier alpha value is -2.40. The summed E-state index contributed by atoms with van der Waals surface area (Å²) < 4.78 is 0. The van der Waals surface area contributed by atoms with Gasteiger partial charge in [-0.3, -0.25) is 14.7 Å². The minimum absolute atomic E-state index is 0.153. The van der Waals surface area contributed by atoms with Gasteiger partial charge in [-0.25, -0.2) is 0 Å². The first kappa shape index (κ1) is 17.4. The first-order valence-corrected chi connectivity index (χ1v) is 8.79. The Kier molecular flexibility index (Phi) is 5.34. The Morgan fingerprint density at radius 1 is 1.28 bits per heavy atom. The third-order valence-corrected chi connectivity index (χ3v) is 4.92. The molecule has 132 valence electrons. The van der Waals surface area contributed by atoms with Gasteiger partial charge in [-0.15, -0.1) is 0 Å². The molecule has 0 saturated carbocycles. The number of aryl methyl sites for hydroxylation is 2. The smallest absolute Gasteiger partial charge is 0.269 e. The van der Waals surface area contributed by atoms with Crippen molar-refractivity contribution in [3.05, 3.63) is 58.9 Å². The monoisotopic (exact) mass is 338 g/mol. The summed E-state index contributed by atoms with van der Waals surface area (Å²) in [6.07, 6.45) is 2.67. The highest BCUT2D eigenvalue weighted by Crippen LogP contribution is 2.19. The van der Waals surface area contributed by atoms with Crippen LogP contribution in [-0.2, 0) is 6.54 Å². The summed E-state index contributed by atoms with van der Waals surface area (Å²) in [6.45, 7) is 8.04. The summed E-state index contributed by atoms with van der Waals surface area (Å²) in [5, 5.41) is 2.99. The van der Waals surface area contributed by atoms with Crippen molar-refractivity contribution in [2.75, 3.05) is 25.4 Å². The normalized spacial score (nSPS) is 17.6. The molecule has 1 aliphatic heterocycles. The molecule has 0 bridgehead atoms. The van der Waals surface area contributed by atoms with Crippen LogP contribution in [0, 0.1) is 19.8 Å². The van der Waals surface area contributed by atoms with Crippen molar-refractivity contribution in [2.45, 2.75) is 26.8 Å². The summed E-state index contributed by atoms with van der Waals surface area (Å²) in [5.41, 5.74) is 10.7. The van der Waals surface area contributed by atoms with Gasteiger partial charge in [0, 0.05) is 31.5 Å². The van der Waals surface area contributed by atoms with Crippen molar-refractivity contribution >= 4 is 11.6 Å². The van der Waals surface area contributed by atoms with Crippen LogP contribution in [-0.4, -0.2) is 35.4 Å². The average Bonchev–Trinajstić information content (AvgIpc) is 3.03. The second-order valence-corrected chi connectivity index (χ2v) is 6.99. The highest BCUT2D eigenvalue weighted by molar-refractivity contribution is 5.92. The molecule has 1 aromatic carbocycles. The Morgan fingerprint density at radius 2 is 2.12 bits per heavy atom. The zero-order valence-electron chi connectivity index (χ0n) is 15.0. The van der Waals surface area contributed by atoms with Gasteiger partial charge in [0.25, 0.3) is 5.91 Å². The number of nitrogens with zero attached hydrogens (tertiary/aromatic N) is 2. The molecule has 1 fully saturated rings. The summed E-state index contributed by atoms with van der Waals surface area (Å²) in [5.74, 6) is 0.330. The molecule has 1 amide bonds. The minimum Gasteiger partial charge on any atom is -0.399 e. The highest BCUT2D eigenvalue weighted by atomic mass is 16.1. The number of pyridine rings is 1. The lowest BCUT2D eigenvalue weighted by atomic mass is 10.1. The van der Waals surface area contributed by atoms with Gasteiger partial charge in [-0.05, 0) is 61.6 Å². The van der Waals surface area contributed by atoms with Crippen molar-refractivity contribution in [1.82, 2.24) is 15.2 Å². The van der Waals surface area contributed by atoms with E-state index in [1.807, 2.05) is 0 Å². The summed E-state index contributed by atoms with van der Waals surface area (Å²) in [4.78, 5) is 18.7. The van der Waals surface area contributed by atoms with E-state index in [0.29, 0.717) is 23.8 Å². The molecule has 1 aromatic heterocycles. The molecule has 1 unspecified atom stereocenters. The molecule has 1 atom stereocenters. The third-order valence-electron chi connectivity index (χ3n) is 4.92. The molecule has 2 heterocycles. The van der Waals surface area contributed by atoms with Crippen LogP contribution in [0.25, 0.3) is 0 Å². The van der Waals surface area contributed by atoms with Crippen LogP contribution in [0.1, 0.15) is 33.6 Å². The van der Waals surface area contributed by atoms with Crippen LogP contribution < -0.4 is 11.1 Å². The van der Waals surface area contributed by atoms with Gasteiger partial charge in [0.1, 0.15) is 5.69 Å². The standard InChI is InChI=1S/C20H26N4O/c1-14-3-4-16(9-15(14)2)12-24-8-6-17(13-24)11-23-20(25)19-10-18(21)5-7-22-19/h3-5,7,9-10,17H,6,8,11-13H2,1-2H3,(H2,21,22)(H,23,25). The van der Waals surface area contributed by atoms with Crippen molar-refractivity contribution in [3.8, 4) is 0 Å². The number of amides is 1. The lowest BCUT2D eigenvalue weighted by Gasteiger charge is -2.17. The predicted octanol–water partition coefficient (Wildman–Crippen LogP) is 2.53. The maximum absolute atomic E-state index is 12.2. The fraction of sp³-hybridized carbons (Fsp3) is 0.400. The lowest BCUT2D eigenvalue weighted by molar-refractivity contribution is 0.0942. The molecular weight excluding hydrogens is 312 g/mol. The van der Waals surface area contributed by atoms with Crippen LogP contribution in [0.2, 0.25) is 0 Å². The first-order valence-electron chi connectivity index (χ1n) is 8.79. The number of carbonyl (C=O) groups is 1. The van der Waals surface area contributed by atoms with E-state index in [-0.39, 0.29) is 5.91 Å². The van der Waals surface area contributed by atoms with Crippen LogP contribution in [0.15, 0.2) is 36.5 Å². The van der Waals surface area contributed by atoms with E-state index in [9.17, 15) is 4.79 Å². The molecule has 5 heteroatoms. The van der Waals surface area contributed by atoms with Gasteiger partial charge in [0.2, 0.25) is 0 Å². The van der Waals surface area contributed by atoms with Gasteiger partial charge in [-0.1, -0.05) is 18.2 Å². The van der Waals surface area contributed by atoms with E-state index in [0.717, 1.165) is 26.1 Å². The van der Waals surface area contributed by atoms with E-state index in [4.69, 9.17) is 5.73 Å². The molecule has 0 spiro atoms. The summed E-state index contributed by atoms with van der Waals surface area (Å²) in [6, 6.07) is 9.96. The average molecular weight is 338 g/mol. The number of carbonyl (C=O) groups excluding carboxylic acids is 1. The van der Waals surface area contributed by atoms with Crippen molar-refractivity contribution in [3.63, 3.8) is 0 Å². The number of aromatic nitrogens is 1. The second kappa shape index (κ2) is 7.66. The van der Waals surface area contributed by atoms with Gasteiger partial charge in [-0.2, -0.15) is 0 Å². The van der Waals surface area contributed by atoms with Crippen molar-refractivity contribution in [1.29, 1.82) is 0 Å². The Morgan fingerprint density at radius 3 is 2.88 bits per heavy atom. The Balaban J connectivity index is 1.48. The number of nitrogens with one attached hydrogen (secondary N) is 1. The maximum atomic E-state index is 12.2. The molecule has 3 rings (SSSR count). The topological polar surface area (TPSA) is 71.2 Å². The number of hydrogen-bond acceptors (Lipinski definition) is 4. The van der Waals surface area contributed by atoms with Crippen molar-refractivity contribution < 1.29 is 4.79 Å². The maximum Gasteiger partial charge on any atom is 0.269 e. The Bertz CT molecular complexity index is 759. The number of nitrogen functional groups attached to an aromatic ring is 1. The second-order valence-electron chi connectivity index (χ2n) is 6.99. The van der Waals surface area contributed by atoms with Crippen molar-refractivity contribution in [2.24, 2.45) is 5.92 Å². The zero-order valence-corrected chi connectivity index (χ0v) is 15.0. The molecule has 0 aliphatic carbocycles. The molecular formula is C20H26N4O. The fourth-order valence-corrected chi connectivity index (χ4v) is 3.28. The highest BCUT2D eigenvalue weighted by Gasteiger charge is 2.23. The third kappa shape index (κ3) is 4.57. The molecule has 0 radical (unpaired) electrons. The van der Waals surface area contributed by atoms with E-state index in [1.54, 1.807) is 18.3 Å². The zero-order chi connectivity index (χ0) is 17.8. The van der Waals surface area contributed by atoms with Gasteiger partial charge < -0.3 is 11.1 Å². The largest absolute Gasteiger partial charge is 0.399 e. The van der Waals surface area contributed by atoms with Crippen LogP contribution >= 0.6 is 0 Å². The summed E-state index contributed by atoms with van der Waals surface area (Å²) >= 11 is 0. The van der Waals surface area contributed by atoms with E-state index >= 15 is 0 Å². The number of anilines is 1. The molecule has 2 aromatic rings. The molecule has 1 saturated heterocycles. The fourth-order valence-electron chi connectivity index (χ4n) is 3.28. The lowest BCUT2D eigenvalue weighted by Crippen LogP contribution is -2.31. The molecule has 3 N–H and O–H groups in total. The van der Waals surface area contributed by atoms with Crippen LogP contribution in [0.4, 0.5) is 5.69 Å². The number of rotatable bonds is 5. The first-order chi connectivity index (χ1) is 12.0. The van der Waals surface area contributed by atoms with Crippen LogP contribution in [0.3, 0.4) is 0 Å². The molecule has 1 aliphatic rings. The summed E-state index contributed by atoms with van der Waals surface area (Å²) in [7, 11) is 0. The number of benzene rings is 1. The van der Waals surface area contributed by atoms with E-state index in [1.165, 1.54) is 16.7 Å². The van der Waals surface area contributed by atoms with E-state index in [2.05, 4.69) is 47.2 Å². The molecule has 25 heavy (non-hydrogen) atoms. The number of likely N-dealkylation sites (tertiary alicyclic amines) is 1. The molecule has 5 nitrogen and oxygen atoms in total. The Labute approximate surface area is 149 Å². The van der Waals surface area contributed by atoms with Crippen LogP contribution in [0.5, 0.6) is 0 Å². The minimum atomic E-state index is -0.153. The quantitative estimate of drug-likeness (QED) is 0.879. The van der Waals surface area contributed by atoms with Gasteiger partial charge in [0.15, 0.2) is 0 Å². The van der Waals surface area contributed by atoms with Gasteiger partial charge >= 0.3 is 0 Å².